The molecule has 1 aromatic rings. The van der Waals surface area contributed by atoms with Crippen molar-refractivity contribution in [2.45, 2.75) is 64.5 Å². The number of aromatic amines is 1. The van der Waals surface area contributed by atoms with Crippen LogP contribution in [0.15, 0.2) is 15.8 Å². The third-order valence-electron chi connectivity index (χ3n) is 4.00. The summed E-state index contributed by atoms with van der Waals surface area (Å²) in [6, 6.07) is 0.212. The van der Waals surface area contributed by atoms with Gasteiger partial charge in [-0.1, -0.05) is 32.6 Å². The summed E-state index contributed by atoms with van der Waals surface area (Å²) < 4.78 is 1.27. The Balaban J connectivity index is 2.02. The zero-order valence-electron chi connectivity index (χ0n) is 12.5. The first-order valence-electron chi connectivity index (χ1n) is 7.72. The molecule has 1 saturated carbocycles. The van der Waals surface area contributed by atoms with E-state index in [1.165, 1.54) is 23.6 Å². The van der Waals surface area contributed by atoms with Gasteiger partial charge >= 0.3 is 5.69 Å². The van der Waals surface area contributed by atoms with Gasteiger partial charge in [-0.2, -0.15) is 0 Å². The fourth-order valence-electron chi connectivity index (χ4n) is 2.78. The molecule has 2 N–H and O–H groups in total. The second-order valence-electron chi connectivity index (χ2n) is 5.65. The van der Waals surface area contributed by atoms with Gasteiger partial charge in [-0.15, -0.1) is 0 Å². The minimum absolute atomic E-state index is 0.0425. The predicted molar refractivity (Wildman–Crippen MR) is 80.3 cm³/mol. The molecule has 21 heavy (non-hydrogen) atoms. The standard InChI is InChI=1S/C15H23N3O3/c1-2-11-9-18(15(21)17-14(11)20)10-13(19)16-12-7-5-3-4-6-8-12/h9,12H,2-8,10H2,1H3,(H,16,19)(H,17,20,21). The molecule has 6 heteroatoms. The van der Waals surface area contributed by atoms with Gasteiger partial charge in [-0.05, 0) is 19.3 Å². The summed E-state index contributed by atoms with van der Waals surface area (Å²) in [4.78, 5) is 37.5. The van der Waals surface area contributed by atoms with E-state index in [-0.39, 0.29) is 24.1 Å². The highest BCUT2D eigenvalue weighted by molar-refractivity contribution is 5.76. The van der Waals surface area contributed by atoms with Gasteiger partial charge in [0, 0.05) is 17.8 Å². The molecule has 116 valence electrons. The summed E-state index contributed by atoms with van der Waals surface area (Å²) in [7, 11) is 0. The lowest BCUT2D eigenvalue weighted by atomic mass is 10.1. The highest BCUT2D eigenvalue weighted by Gasteiger charge is 2.15. The molecule has 1 heterocycles. The zero-order valence-corrected chi connectivity index (χ0v) is 12.5. The van der Waals surface area contributed by atoms with E-state index < -0.39 is 5.69 Å². The molecule has 0 bridgehead atoms. The second kappa shape index (κ2) is 7.24. The van der Waals surface area contributed by atoms with Crippen LogP contribution in [0.1, 0.15) is 51.0 Å². The normalized spacial score (nSPS) is 16.4. The smallest absolute Gasteiger partial charge is 0.328 e. The number of aromatic nitrogens is 2. The molecule has 0 atom stereocenters. The number of aryl methyl sites for hydroxylation is 1. The molecule has 1 amide bonds. The number of hydrogen-bond acceptors (Lipinski definition) is 3. The molecule has 0 aliphatic heterocycles. The first-order valence-corrected chi connectivity index (χ1v) is 7.72. The van der Waals surface area contributed by atoms with E-state index in [9.17, 15) is 14.4 Å². The fraction of sp³-hybridized carbons (Fsp3) is 0.667. The molecule has 0 saturated heterocycles. The second-order valence-corrected chi connectivity index (χ2v) is 5.65. The molecular weight excluding hydrogens is 270 g/mol. The average Bonchev–Trinajstić information content (AvgIpc) is 2.70. The van der Waals surface area contributed by atoms with Crippen molar-refractivity contribution in [1.29, 1.82) is 0 Å². The molecule has 1 fully saturated rings. The van der Waals surface area contributed by atoms with Crippen molar-refractivity contribution < 1.29 is 4.79 Å². The van der Waals surface area contributed by atoms with Crippen LogP contribution in [-0.4, -0.2) is 21.5 Å². The van der Waals surface area contributed by atoms with E-state index in [2.05, 4.69) is 10.3 Å². The lowest BCUT2D eigenvalue weighted by molar-refractivity contribution is -0.122. The van der Waals surface area contributed by atoms with E-state index in [4.69, 9.17) is 0 Å². The molecular formula is C15H23N3O3. The number of nitrogens with one attached hydrogen (secondary N) is 2. The van der Waals surface area contributed by atoms with Crippen molar-refractivity contribution in [3.05, 3.63) is 32.6 Å². The lowest BCUT2D eigenvalue weighted by Crippen LogP contribution is -2.40. The highest BCUT2D eigenvalue weighted by atomic mass is 16.2. The van der Waals surface area contributed by atoms with Gasteiger partial charge in [0.25, 0.3) is 5.56 Å². The molecule has 0 radical (unpaired) electrons. The van der Waals surface area contributed by atoms with Crippen molar-refractivity contribution >= 4 is 5.91 Å². The van der Waals surface area contributed by atoms with Crippen LogP contribution in [0.25, 0.3) is 0 Å². The van der Waals surface area contributed by atoms with E-state index in [0.29, 0.717) is 12.0 Å². The third-order valence-corrected chi connectivity index (χ3v) is 4.00. The zero-order chi connectivity index (χ0) is 15.2. The average molecular weight is 293 g/mol. The monoisotopic (exact) mass is 293 g/mol. The Morgan fingerprint density at radius 1 is 1.29 bits per heavy atom. The van der Waals surface area contributed by atoms with Crippen LogP contribution in [0, 0.1) is 0 Å². The van der Waals surface area contributed by atoms with Crippen molar-refractivity contribution in [1.82, 2.24) is 14.9 Å². The maximum Gasteiger partial charge on any atom is 0.328 e. The number of carbonyl (C=O) groups is 1. The van der Waals surface area contributed by atoms with Crippen molar-refractivity contribution in [2.24, 2.45) is 0 Å². The van der Waals surface area contributed by atoms with Gasteiger partial charge in [0.15, 0.2) is 0 Å². The highest BCUT2D eigenvalue weighted by Crippen LogP contribution is 2.17. The first-order chi connectivity index (χ1) is 10.1. The quantitative estimate of drug-likeness (QED) is 0.810. The Kier molecular flexibility index (Phi) is 5.36. The van der Waals surface area contributed by atoms with Gasteiger partial charge in [0.1, 0.15) is 6.54 Å². The van der Waals surface area contributed by atoms with Gasteiger partial charge < -0.3 is 5.32 Å². The molecule has 1 aliphatic carbocycles. The number of carbonyl (C=O) groups excluding carboxylic acids is 1. The molecule has 1 aromatic heterocycles. The summed E-state index contributed by atoms with van der Waals surface area (Å²) in [5.41, 5.74) is -0.395. The summed E-state index contributed by atoms with van der Waals surface area (Å²) >= 11 is 0. The maximum absolute atomic E-state index is 12.1. The number of H-pyrrole nitrogens is 1. The minimum Gasteiger partial charge on any atom is -0.352 e. The molecule has 2 rings (SSSR count). The molecule has 0 aromatic carbocycles. The Bertz CT molecular complexity index is 595. The van der Waals surface area contributed by atoms with Crippen LogP contribution in [0.4, 0.5) is 0 Å². The number of rotatable bonds is 4. The summed E-state index contributed by atoms with van der Waals surface area (Å²) in [5.74, 6) is -0.168. The fourth-order valence-corrected chi connectivity index (χ4v) is 2.78. The molecule has 1 aliphatic rings. The first kappa shape index (κ1) is 15.5. The largest absolute Gasteiger partial charge is 0.352 e. The molecule has 0 spiro atoms. The van der Waals surface area contributed by atoms with Gasteiger partial charge in [-0.3, -0.25) is 19.1 Å². The molecule has 0 unspecified atom stereocenters. The number of amides is 1. The SMILES string of the molecule is CCc1cn(CC(=O)NC2CCCCCC2)c(=O)[nH]c1=O. The Labute approximate surface area is 123 Å². The van der Waals surface area contributed by atoms with Gasteiger partial charge in [0.05, 0.1) is 0 Å². The van der Waals surface area contributed by atoms with Crippen molar-refractivity contribution in [3.8, 4) is 0 Å². The van der Waals surface area contributed by atoms with E-state index >= 15 is 0 Å². The molecule has 6 nitrogen and oxygen atoms in total. The van der Waals surface area contributed by atoms with E-state index in [1.807, 2.05) is 6.92 Å². The van der Waals surface area contributed by atoms with Crippen molar-refractivity contribution in [3.63, 3.8) is 0 Å². The Hall–Kier alpha value is -1.85. The van der Waals surface area contributed by atoms with Crippen molar-refractivity contribution in [2.75, 3.05) is 0 Å². The van der Waals surface area contributed by atoms with Gasteiger partial charge in [-0.25, -0.2) is 4.79 Å². The minimum atomic E-state index is -0.534. The number of nitrogens with zero attached hydrogens (tertiary/aromatic N) is 1. The van der Waals surface area contributed by atoms with Crippen LogP contribution < -0.4 is 16.6 Å². The van der Waals surface area contributed by atoms with Gasteiger partial charge in [0.2, 0.25) is 5.91 Å². The van der Waals surface area contributed by atoms with Crippen LogP contribution in [0.5, 0.6) is 0 Å². The van der Waals surface area contributed by atoms with Crippen LogP contribution >= 0.6 is 0 Å². The summed E-state index contributed by atoms with van der Waals surface area (Å²) in [6.07, 6.45) is 8.76. The topological polar surface area (TPSA) is 84.0 Å². The van der Waals surface area contributed by atoms with Crippen LogP contribution in [0.3, 0.4) is 0 Å². The number of hydrogen-bond donors (Lipinski definition) is 2. The summed E-state index contributed by atoms with van der Waals surface area (Å²) in [6.45, 7) is 1.80. The van der Waals surface area contributed by atoms with E-state index in [1.54, 1.807) is 0 Å². The summed E-state index contributed by atoms with van der Waals surface area (Å²) in [5, 5.41) is 3.00. The van der Waals surface area contributed by atoms with Crippen LogP contribution in [0.2, 0.25) is 0 Å². The van der Waals surface area contributed by atoms with E-state index in [0.717, 1.165) is 25.7 Å². The Morgan fingerprint density at radius 2 is 1.95 bits per heavy atom. The third kappa shape index (κ3) is 4.31. The lowest BCUT2D eigenvalue weighted by Gasteiger charge is -2.16. The van der Waals surface area contributed by atoms with Crippen LogP contribution in [-0.2, 0) is 17.8 Å². The maximum atomic E-state index is 12.1. The Morgan fingerprint density at radius 3 is 2.57 bits per heavy atom. The predicted octanol–water partition coefficient (Wildman–Crippen LogP) is 0.938.